The van der Waals surface area contributed by atoms with Crippen LogP contribution in [0.5, 0.6) is 0 Å². The summed E-state index contributed by atoms with van der Waals surface area (Å²) in [6.45, 7) is 3.06. The van der Waals surface area contributed by atoms with Gasteiger partial charge >= 0.3 is 0 Å². The van der Waals surface area contributed by atoms with E-state index in [1.54, 1.807) is 0 Å². The summed E-state index contributed by atoms with van der Waals surface area (Å²) in [5.74, 6) is 1.01. The lowest BCUT2D eigenvalue weighted by Gasteiger charge is -1.81. The Kier molecular flexibility index (Phi) is 4.33. The van der Waals surface area contributed by atoms with E-state index in [9.17, 15) is 13.2 Å². The molecule has 0 amide bonds. The van der Waals surface area contributed by atoms with Crippen LogP contribution in [0.4, 0.5) is 0 Å². The van der Waals surface area contributed by atoms with E-state index < -0.39 is 9.84 Å². The van der Waals surface area contributed by atoms with Crippen molar-refractivity contribution >= 4 is 15.6 Å². The number of hydrogen-bond donors (Lipinski definition) is 0. The average Bonchev–Trinajstić information content (AvgIpc) is 2.11. The standard InChI is InChI=1S/C4H8O2S.C3H6O/c5-7(6)3-1-2-4-7;1-3(2)4/h1-4H2;1-2H3. The summed E-state index contributed by atoms with van der Waals surface area (Å²) in [4.78, 5) is 9.44. The third-order valence-corrected chi connectivity index (χ3v) is 2.98. The molecule has 0 aromatic carbocycles. The van der Waals surface area contributed by atoms with Gasteiger partial charge in [-0.05, 0) is 26.7 Å². The number of hydrogen-bond acceptors (Lipinski definition) is 3. The van der Waals surface area contributed by atoms with Crippen LogP contribution in [0.3, 0.4) is 0 Å². The van der Waals surface area contributed by atoms with Crippen LogP contribution in [0.25, 0.3) is 0 Å². The zero-order valence-electron chi connectivity index (χ0n) is 6.96. The van der Waals surface area contributed by atoms with Crippen LogP contribution >= 0.6 is 0 Å². The highest BCUT2D eigenvalue weighted by Gasteiger charge is 2.16. The summed E-state index contributed by atoms with van der Waals surface area (Å²) in [7, 11) is -2.55. The molecule has 0 saturated carbocycles. The maximum atomic E-state index is 10.4. The van der Waals surface area contributed by atoms with Gasteiger partial charge in [-0.15, -0.1) is 0 Å². The van der Waals surface area contributed by atoms with Gasteiger partial charge in [0, 0.05) is 0 Å². The molecule has 0 bridgehead atoms. The molecule has 66 valence electrons. The third-order valence-electron chi connectivity index (χ3n) is 1.16. The average molecular weight is 178 g/mol. The van der Waals surface area contributed by atoms with Crippen molar-refractivity contribution in [1.82, 2.24) is 0 Å². The van der Waals surface area contributed by atoms with Crippen molar-refractivity contribution in [2.24, 2.45) is 0 Å². The number of sulfone groups is 1. The molecule has 4 heteroatoms. The van der Waals surface area contributed by atoms with Gasteiger partial charge in [-0.1, -0.05) is 0 Å². The minimum absolute atomic E-state index is 0.167. The number of carbonyl (C=O) groups is 1. The van der Waals surface area contributed by atoms with Gasteiger partial charge in [0.05, 0.1) is 11.5 Å². The molecule has 1 saturated heterocycles. The molecule has 1 rings (SSSR count). The van der Waals surface area contributed by atoms with E-state index >= 15 is 0 Å². The van der Waals surface area contributed by atoms with E-state index in [1.165, 1.54) is 13.8 Å². The summed E-state index contributed by atoms with van der Waals surface area (Å²) < 4.78 is 20.9. The van der Waals surface area contributed by atoms with Crippen molar-refractivity contribution in [3.8, 4) is 0 Å². The first-order valence-electron chi connectivity index (χ1n) is 3.61. The molecule has 1 aliphatic heterocycles. The Hall–Kier alpha value is -0.380. The summed E-state index contributed by atoms with van der Waals surface area (Å²) in [5.41, 5.74) is 0. The fraction of sp³-hybridized carbons (Fsp3) is 0.857. The quantitative estimate of drug-likeness (QED) is 0.551. The minimum Gasteiger partial charge on any atom is -0.300 e. The predicted octanol–water partition coefficient (Wildman–Crippen LogP) is 0.790. The van der Waals surface area contributed by atoms with Gasteiger partial charge in [-0.25, -0.2) is 8.42 Å². The van der Waals surface area contributed by atoms with Gasteiger partial charge in [-0.3, -0.25) is 0 Å². The Bertz CT molecular complexity index is 200. The lowest BCUT2D eigenvalue weighted by molar-refractivity contribution is -0.114. The highest BCUT2D eigenvalue weighted by molar-refractivity contribution is 7.91. The summed E-state index contributed by atoms with van der Waals surface area (Å²) in [5, 5.41) is 0. The number of rotatable bonds is 0. The number of ketones is 1. The first kappa shape index (κ1) is 10.6. The highest BCUT2D eigenvalue weighted by Crippen LogP contribution is 2.08. The van der Waals surface area contributed by atoms with Gasteiger partial charge in [-0.2, -0.15) is 0 Å². The van der Waals surface area contributed by atoms with Gasteiger partial charge in [0.25, 0.3) is 0 Å². The Labute approximate surface area is 67.7 Å². The second-order valence-electron chi connectivity index (χ2n) is 2.77. The van der Waals surface area contributed by atoms with Crippen LogP contribution in [0.15, 0.2) is 0 Å². The number of carbonyl (C=O) groups excluding carboxylic acids is 1. The largest absolute Gasteiger partial charge is 0.300 e. The van der Waals surface area contributed by atoms with Crippen LogP contribution < -0.4 is 0 Å². The Morgan fingerprint density at radius 2 is 1.36 bits per heavy atom. The van der Waals surface area contributed by atoms with E-state index in [0.29, 0.717) is 11.5 Å². The topological polar surface area (TPSA) is 51.2 Å². The van der Waals surface area contributed by atoms with Gasteiger partial charge in [0.15, 0.2) is 0 Å². The first-order valence-corrected chi connectivity index (χ1v) is 5.44. The molecule has 0 unspecified atom stereocenters. The smallest absolute Gasteiger partial charge is 0.150 e. The van der Waals surface area contributed by atoms with Crippen LogP contribution in [0.1, 0.15) is 26.7 Å². The zero-order valence-corrected chi connectivity index (χ0v) is 7.78. The maximum Gasteiger partial charge on any atom is 0.150 e. The number of Topliss-reactive ketones (excluding diaryl/α,β-unsaturated/α-hetero) is 1. The summed E-state index contributed by atoms with van der Waals surface area (Å²) in [6, 6.07) is 0. The van der Waals surface area contributed by atoms with Gasteiger partial charge < -0.3 is 4.79 Å². The molecule has 1 heterocycles. The van der Waals surface area contributed by atoms with Crippen molar-refractivity contribution in [2.75, 3.05) is 11.5 Å². The second kappa shape index (κ2) is 4.49. The molecule has 0 atom stereocenters. The van der Waals surface area contributed by atoms with Gasteiger partial charge in [0.1, 0.15) is 15.6 Å². The highest BCUT2D eigenvalue weighted by atomic mass is 32.2. The Morgan fingerprint density at radius 1 is 1.09 bits per heavy atom. The predicted molar refractivity (Wildman–Crippen MR) is 44.2 cm³/mol. The van der Waals surface area contributed by atoms with Crippen molar-refractivity contribution in [3.05, 3.63) is 0 Å². The van der Waals surface area contributed by atoms with E-state index in [2.05, 4.69) is 0 Å². The minimum atomic E-state index is -2.55. The Morgan fingerprint density at radius 3 is 1.45 bits per heavy atom. The first-order chi connectivity index (χ1) is 4.94. The van der Waals surface area contributed by atoms with Gasteiger partial charge in [0.2, 0.25) is 0 Å². The van der Waals surface area contributed by atoms with Crippen LogP contribution in [-0.4, -0.2) is 25.7 Å². The molecule has 0 aromatic heterocycles. The molecule has 0 radical (unpaired) electrons. The third kappa shape index (κ3) is 7.52. The van der Waals surface area contributed by atoms with E-state index in [-0.39, 0.29) is 5.78 Å². The molecular weight excluding hydrogens is 164 g/mol. The summed E-state index contributed by atoms with van der Waals surface area (Å²) >= 11 is 0. The molecule has 0 N–H and O–H groups in total. The fourth-order valence-electron chi connectivity index (χ4n) is 0.746. The lowest BCUT2D eigenvalue weighted by atomic mass is 10.4. The fourth-order valence-corrected chi connectivity index (χ4v) is 2.24. The van der Waals surface area contributed by atoms with Crippen molar-refractivity contribution in [2.45, 2.75) is 26.7 Å². The summed E-state index contributed by atoms with van der Waals surface area (Å²) in [6.07, 6.45) is 1.75. The van der Waals surface area contributed by atoms with E-state index in [0.717, 1.165) is 12.8 Å². The molecule has 11 heavy (non-hydrogen) atoms. The van der Waals surface area contributed by atoms with Crippen molar-refractivity contribution in [3.63, 3.8) is 0 Å². The molecule has 3 nitrogen and oxygen atoms in total. The Balaban J connectivity index is 0.000000218. The monoisotopic (exact) mass is 178 g/mol. The second-order valence-corrected chi connectivity index (χ2v) is 5.07. The van der Waals surface area contributed by atoms with E-state index in [1.807, 2.05) is 0 Å². The molecule has 0 aromatic rings. The molecular formula is C7H14O3S. The lowest BCUT2D eigenvalue weighted by Crippen LogP contribution is -1.98. The molecule has 0 spiro atoms. The molecule has 0 aliphatic carbocycles. The zero-order chi connectivity index (χ0) is 8.91. The van der Waals surface area contributed by atoms with E-state index in [4.69, 9.17) is 0 Å². The van der Waals surface area contributed by atoms with Crippen LogP contribution in [0.2, 0.25) is 0 Å². The van der Waals surface area contributed by atoms with Crippen molar-refractivity contribution < 1.29 is 13.2 Å². The SMILES string of the molecule is CC(C)=O.O=S1(=O)CCCC1. The van der Waals surface area contributed by atoms with Crippen LogP contribution in [0, 0.1) is 0 Å². The molecule has 1 aliphatic rings. The van der Waals surface area contributed by atoms with Crippen LogP contribution in [-0.2, 0) is 14.6 Å². The molecule has 1 fully saturated rings. The normalized spacial score (nSPS) is 20.2. The van der Waals surface area contributed by atoms with Crippen molar-refractivity contribution in [1.29, 1.82) is 0 Å². The maximum absolute atomic E-state index is 10.4.